The Morgan fingerprint density at radius 2 is 2.00 bits per heavy atom. The van der Waals surface area contributed by atoms with Gasteiger partial charge in [0.1, 0.15) is 4.90 Å². The first-order valence-corrected chi connectivity index (χ1v) is 8.19. The summed E-state index contributed by atoms with van der Waals surface area (Å²) in [6.45, 7) is 2.09. The van der Waals surface area contributed by atoms with Crippen LogP contribution in [0.15, 0.2) is 15.4 Å². The van der Waals surface area contributed by atoms with E-state index < -0.39 is 14.9 Å². The Kier molecular flexibility index (Phi) is 8.26. The molecule has 0 unspecified atom stereocenters. The van der Waals surface area contributed by atoms with E-state index in [1.165, 1.54) is 20.1 Å². The zero-order chi connectivity index (χ0) is 16.2. The van der Waals surface area contributed by atoms with E-state index in [4.69, 9.17) is 4.74 Å². The molecule has 0 spiro atoms. The molecule has 1 rings (SSSR count). The predicted octanol–water partition coefficient (Wildman–Crippen LogP) is 1.59. The number of ether oxygens (including phenoxy) is 1. The van der Waals surface area contributed by atoms with E-state index in [0.717, 1.165) is 0 Å². The molecule has 0 bridgehead atoms. The van der Waals surface area contributed by atoms with E-state index in [2.05, 4.69) is 26.0 Å². The van der Waals surface area contributed by atoms with Crippen LogP contribution in [-0.2, 0) is 10.0 Å². The molecule has 0 fully saturated rings. The van der Waals surface area contributed by atoms with Crippen LogP contribution in [0, 0.1) is 17.0 Å². The molecule has 8 nitrogen and oxygen atoms in total. The number of nitrogens with zero attached hydrogens (tertiary/aromatic N) is 1. The summed E-state index contributed by atoms with van der Waals surface area (Å²) >= 11 is 3.14. The molecule has 0 radical (unpaired) electrons. The highest BCUT2D eigenvalue weighted by Gasteiger charge is 2.30. The van der Waals surface area contributed by atoms with Gasteiger partial charge in [-0.25, -0.2) is 13.1 Å². The molecule has 0 amide bonds. The summed E-state index contributed by atoms with van der Waals surface area (Å²) in [5.74, 6) is -0.280. The van der Waals surface area contributed by atoms with Gasteiger partial charge < -0.3 is 10.1 Å². The zero-order valence-corrected chi connectivity index (χ0v) is 15.4. The van der Waals surface area contributed by atoms with E-state index in [1.807, 2.05) is 0 Å². The molecule has 0 saturated heterocycles. The summed E-state index contributed by atoms with van der Waals surface area (Å²) in [6, 6.07) is 1.29. The second-order valence-corrected chi connectivity index (χ2v) is 6.71. The highest BCUT2D eigenvalue weighted by Crippen LogP contribution is 2.40. The number of rotatable bonds is 7. The van der Waals surface area contributed by atoms with Gasteiger partial charge >= 0.3 is 5.69 Å². The van der Waals surface area contributed by atoms with Gasteiger partial charge in [-0.3, -0.25) is 10.1 Å². The molecule has 0 aliphatic carbocycles. The first-order chi connectivity index (χ1) is 9.76. The van der Waals surface area contributed by atoms with Crippen LogP contribution in [0.5, 0.6) is 5.75 Å². The molecule has 126 valence electrons. The van der Waals surface area contributed by atoms with Crippen LogP contribution in [0.4, 0.5) is 5.69 Å². The van der Waals surface area contributed by atoms with Crippen molar-refractivity contribution >= 4 is 44.0 Å². The highest BCUT2D eigenvalue weighted by molar-refractivity contribution is 9.10. The predicted molar refractivity (Wildman–Crippen MR) is 88.4 cm³/mol. The Morgan fingerprint density at radius 1 is 1.41 bits per heavy atom. The van der Waals surface area contributed by atoms with Crippen molar-refractivity contribution in [1.82, 2.24) is 10.0 Å². The normalized spacial score (nSPS) is 10.9. The number of hydrogen-bond donors (Lipinski definition) is 2. The third-order valence-electron chi connectivity index (χ3n) is 2.75. The van der Waals surface area contributed by atoms with Gasteiger partial charge in [0.15, 0.2) is 0 Å². The second kappa shape index (κ2) is 8.63. The van der Waals surface area contributed by atoms with Gasteiger partial charge in [-0.15, -0.1) is 12.4 Å². The SMILES string of the molecule is CNCCNS(=O)(=O)c1cc(Br)c(C)c([N+](=O)[O-])c1OC.Cl. The van der Waals surface area contributed by atoms with Crippen molar-refractivity contribution in [2.75, 3.05) is 27.2 Å². The van der Waals surface area contributed by atoms with Crippen LogP contribution in [-0.4, -0.2) is 40.6 Å². The Morgan fingerprint density at radius 3 is 2.45 bits per heavy atom. The molecule has 22 heavy (non-hydrogen) atoms. The maximum Gasteiger partial charge on any atom is 0.316 e. The topological polar surface area (TPSA) is 111 Å². The van der Waals surface area contributed by atoms with E-state index in [9.17, 15) is 18.5 Å². The van der Waals surface area contributed by atoms with Crippen LogP contribution in [0.2, 0.25) is 0 Å². The summed E-state index contributed by atoms with van der Waals surface area (Å²) < 4.78 is 32.2. The third kappa shape index (κ3) is 4.53. The minimum Gasteiger partial charge on any atom is -0.489 e. The van der Waals surface area contributed by atoms with Crippen LogP contribution < -0.4 is 14.8 Å². The monoisotopic (exact) mass is 417 g/mol. The number of benzene rings is 1. The van der Waals surface area contributed by atoms with Crippen molar-refractivity contribution in [2.24, 2.45) is 0 Å². The molecule has 0 atom stereocenters. The lowest BCUT2D eigenvalue weighted by Crippen LogP contribution is -2.30. The van der Waals surface area contributed by atoms with E-state index >= 15 is 0 Å². The molecular formula is C11H17BrClN3O5S. The number of likely N-dealkylation sites (N-methyl/N-ethyl adjacent to an activating group) is 1. The molecule has 11 heteroatoms. The molecule has 0 aliphatic rings. The number of nitrogens with one attached hydrogen (secondary N) is 2. The van der Waals surface area contributed by atoms with Crippen molar-refractivity contribution in [3.63, 3.8) is 0 Å². The first-order valence-electron chi connectivity index (χ1n) is 5.92. The average molecular weight is 419 g/mol. The lowest BCUT2D eigenvalue weighted by atomic mass is 10.2. The Hall–Kier alpha value is -0.940. The Labute approximate surface area is 143 Å². The fourth-order valence-corrected chi connectivity index (χ4v) is 3.49. The maximum atomic E-state index is 12.3. The molecule has 0 heterocycles. The third-order valence-corrected chi connectivity index (χ3v) is 5.04. The van der Waals surface area contributed by atoms with Crippen molar-refractivity contribution in [2.45, 2.75) is 11.8 Å². The van der Waals surface area contributed by atoms with Crippen LogP contribution >= 0.6 is 28.3 Å². The summed E-state index contributed by atoms with van der Waals surface area (Å²) in [4.78, 5) is 10.2. The summed E-state index contributed by atoms with van der Waals surface area (Å²) in [6.07, 6.45) is 0. The molecule has 0 aliphatic heterocycles. The smallest absolute Gasteiger partial charge is 0.316 e. The lowest BCUT2D eigenvalue weighted by Gasteiger charge is -2.13. The van der Waals surface area contributed by atoms with Gasteiger partial charge in [0.25, 0.3) is 0 Å². The minimum absolute atomic E-state index is 0. The van der Waals surface area contributed by atoms with Gasteiger partial charge in [-0.05, 0) is 20.0 Å². The highest BCUT2D eigenvalue weighted by atomic mass is 79.9. The number of sulfonamides is 1. The summed E-state index contributed by atoms with van der Waals surface area (Å²) in [5.41, 5.74) is -0.0770. The van der Waals surface area contributed by atoms with Gasteiger partial charge in [0, 0.05) is 23.1 Å². The molecule has 1 aromatic carbocycles. The fourth-order valence-electron chi connectivity index (χ4n) is 1.69. The van der Waals surface area contributed by atoms with Crippen molar-refractivity contribution in [3.05, 3.63) is 26.2 Å². The van der Waals surface area contributed by atoms with E-state index in [0.29, 0.717) is 16.6 Å². The van der Waals surface area contributed by atoms with Crippen LogP contribution in [0.1, 0.15) is 5.56 Å². The average Bonchev–Trinajstić information content (AvgIpc) is 2.40. The number of nitro benzene ring substituents is 1. The van der Waals surface area contributed by atoms with Crippen molar-refractivity contribution in [3.8, 4) is 5.75 Å². The van der Waals surface area contributed by atoms with Gasteiger partial charge in [-0.1, -0.05) is 15.9 Å². The number of nitro groups is 1. The maximum absolute atomic E-state index is 12.3. The standard InChI is InChI=1S/C11H16BrN3O5S.ClH/c1-7-8(12)6-9(11(20-3)10(7)15(16)17)21(18,19)14-5-4-13-2;/h6,13-14H,4-5H2,1-3H3;1H. The van der Waals surface area contributed by atoms with Gasteiger partial charge in [-0.2, -0.15) is 0 Å². The van der Waals surface area contributed by atoms with Gasteiger partial charge in [0.05, 0.1) is 12.0 Å². The fraction of sp³-hybridized carbons (Fsp3) is 0.455. The van der Waals surface area contributed by atoms with Crippen LogP contribution in [0.3, 0.4) is 0 Å². The number of halogens is 2. The first kappa shape index (κ1) is 21.1. The van der Waals surface area contributed by atoms with E-state index in [1.54, 1.807) is 7.05 Å². The molecule has 2 N–H and O–H groups in total. The quantitative estimate of drug-likeness (QED) is 0.395. The van der Waals surface area contributed by atoms with E-state index in [-0.39, 0.29) is 35.3 Å². The largest absolute Gasteiger partial charge is 0.489 e. The summed E-state index contributed by atoms with van der Waals surface area (Å²) in [7, 11) is -1.04. The van der Waals surface area contributed by atoms with Crippen molar-refractivity contribution < 1.29 is 18.1 Å². The molecule has 0 saturated carbocycles. The second-order valence-electron chi connectivity index (χ2n) is 4.12. The summed E-state index contributed by atoms with van der Waals surface area (Å²) in [5, 5.41) is 14.0. The zero-order valence-electron chi connectivity index (χ0n) is 12.2. The van der Waals surface area contributed by atoms with Gasteiger partial charge in [0.2, 0.25) is 15.8 Å². The molecule has 1 aromatic rings. The molecular weight excluding hydrogens is 402 g/mol. The number of methoxy groups -OCH3 is 1. The Balaban J connectivity index is 0.00000441. The lowest BCUT2D eigenvalue weighted by molar-refractivity contribution is -0.386. The van der Waals surface area contributed by atoms with Crippen LogP contribution in [0.25, 0.3) is 0 Å². The van der Waals surface area contributed by atoms with Crippen molar-refractivity contribution in [1.29, 1.82) is 0 Å². The minimum atomic E-state index is -3.92. The number of hydrogen-bond acceptors (Lipinski definition) is 6. The molecule has 0 aromatic heterocycles. The Bertz CT molecular complexity index is 654.